The summed E-state index contributed by atoms with van der Waals surface area (Å²) < 4.78 is 0. The average molecular weight is 338 g/mol. The van der Waals surface area contributed by atoms with Crippen molar-refractivity contribution in [2.75, 3.05) is 18.4 Å². The summed E-state index contributed by atoms with van der Waals surface area (Å²) in [4.78, 5) is 14.5. The number of benzene rings is 2. The Morgan fingerprint density at radius 1 is 0.840 bits per heavy atom. The minimum Gasteiger partial charge on any atom is -0.325 e. The number of nitrogens with zero attached hydrogens (tertiary/aromatic N) is 1. The predicted octanol–water partition coefficient (Wildman–Crippen LogP) is 5.71. The first-order valence-electron chi connectivity index (χ1n) is 9.41. The maximum atomic E-state index is 12.5. The molecule has 134 valence electrons. The molecular formula is C22H30N2O. The average Bonchev–Trinajstić information content (AvgIpc) is 2.64. The van der Waals surface area contributed by atoms with E-state index in [1.165, 1.54) is 11.1 Å². The van der Waals surface area contributed by atoms with Crippen molar-refractivity contribution in [3.05, 3.63) is 65.7 Å². The standard InChI is InChI=1S/C22H30N2O/c1-3-5-16-24(17-6-4-2)22(25)23-21-14-12-20(13-15-21)18-19-10-8-7-9-11-19/h7-15H,3-6,16-18H2,1-2H3,(H,23,25). The largest absolute Gasteiger partial charge is 0.325 e. The highest BCUT2D eigenvalue weighted by Gasteiger charge is 2.12. The number of anilines is 1. The van der Waals surface area contributed by atoms with Crippen LogP contribution in [0, 0.1) is 0 Å². The number of unbranched alkanes of at least 4 members (excludes halogenated alkanes) is 2. The molecule has 2 rings (SSSR count). The Labute approximate surface area is 152 Å². The van der Waals surface area contributed by atoms with Crippen molar-refractivity contribution < 1.29 is 4.79 Å². The molecule has 0 aromatic heterocycles. The SMILES string of the molecule is CCCCN(CCCC)C(=O)Nc1ccc(Cc2ccccc2)cc1. The molecule has 0 saturated carbocycles. The molecule has 25 heavy (non-hydrogen) atoms. The molecule has 1 N–H and O–H groups in total. The normalized spacial score (nSPS) is 10.5. The van der Waals surface area contributed by atoms with Crippen LogP contribution in [0.25, 0.3) is 0 Å². The first kappa shape index (κ1) is 19.0. The number of carbonyl (C=O) groups excluding carboxylic acids is 1. The van der Waals surface area contributed by atoms with Crippen LogP contribution in [-0.2, 0) is 6.42 Å². The molecule has 0 fully saturated rings. The number of amides is 2. The smallest absolute Gasteiger partial charge is 0.321 e. The summed E-state index contributed by atoms with van der Waals surface area (Å²) in [5.74, 6) is 0. The molecule has 0 bridgehead atoms. The Morgan fingerprint density at radius 3 is 1.96 bits per heavy atom. The molecule has 0 aliphatic rings. The first-order valence-corrected chi connectivity index (χ1v) is 9.41. The van der Waals surface area contributed by atoms with E-state index in [-0.39, 0.29) is 6.03 Å². The van der Waals surface area contributed by atoms with Gasteiger partial charge in [-0.25, -0.2) is 4.79 Å². The summed E-state index contributed by atoms with van der Waals surface area (Å²) in [5.41, 5.74) is 3.41. The van der Waals surface area contributed by atoms with Crippen LogP contribution in [-0.4, -0.2) is 24.0 Å². The van der Waals surface area contributed by atoms with Crippen molar-refractivity contribution >= 4 is 11.7 Å². The fraction of sp³-hybridized carbons (Fsp3) is 0.409. The zero-order chi connectivity index (χ0) is 17.9. The van der Waals surface area contributed by atoms with E-state index in [1.54, 1.807) is 0 Å². The van der Waals surface area contributed by atoms with Gasteiger partial charge in [0.2, 0.25) is 0 Å². The highest BCUT2D eigenvalue weighted by atomic mass is 16.2. The molecule has 0 aliphatic carbocycles. The molecule has 0 aliphatic heterocycles. The Kier molecular flexibility index (Phi) is 8.03. The van der Waals surface area contributed by atoms with Crippen molar-refractivity contribution in [2.45, 2.75) is 46.0 Å². The van der Waals surface area contributed by atoms with Gasteiger partial charge in [0.1, 0.15) is 0 Å². The molecule has 0 saturated heterocycles. The van der Waals surface area contributed by atoms with E-state index >= 15 is 0 Å². The second kappa shape index (κ2) is 10.5. The van der Waals surface area contributed by atoms with Crippen LogP contribution >= 0.6 is 0 Å². The third-order valence-corrected chi connectivity index (χ3v) is 4.31. The maximum absolute atomic E-state index is 12.5. The molecule has 0 unspecified atom stereocenters. The third-order valence-electron chi connectivity index (χ3n) is 4.31. The van der Waals surface area contributed by atoms with Crippen LogP contribution in [0.3, 0.4) is 0 Å². The van der Waals surface area contributed by atoms with Gasteiger partial charge < -0.3 is 10.2 Å². The summed E-state index contributed by atoms with van der Waals surface area (Å²) in [6.07, 6.45) is 5.21. The lowest BCUT2D eigenvalue weighted by atomic mass is 10.0. The van der Waals surface area contributed by atoms with E-state index < -0.39 is 0 Å². The molecule has 3 nitrogen and oxygen atoms in total. The van der Waals surface area contributed by atoms with E-state index in [4.69, 9.17) is 0 Å². The minimum absolute atomic E-state index is 0.0118. The van der Waals surface area contributed by atoms with Gasteiger partial charge in [0.15, 0.2) is 0 Å². The van der Waals surface area contributed by atoms with E-state index in [1.807, 2.05) is 23.1 Å². The number of hydrogen-bond acceptors (Lipinski definition) is 1. The van der Waals surface area contributed by atoms with Crippen molar-refractivity contribution in [3.63, 3.8) is 0 Å². The molecule has 0 heterocycles. The molecule has 2 amide bonds. The summed E-state index contributed by atoms with van der Waals surface area (Å²) in [6.45, 7) is 5.96. The zero-order valence-corrected chi connectivity index (χ0v) is 15.5. The Balaban J connectivity index is 1.92. The van der Waals surface area contributed by atoms with Crippen LogP contribution in [0.4, 0.5) is 10.5 Å². The summed E-state index contributed by atoms with van der Waals surface area (Å²) in [5, 5.41) is 3.04. The van der Waals surface area contributed by atoms with Crippen LogP contribution in [0.5, 0.6) is 0 Å². The number of rotatable bonds is 9. The molecule has 2 aromatic carbocycles. The van der Waals surface area contributed by atoms with E-state index in [2.05, 4.69) is 55.6 Å². The second-order valence-corrected chi connectivity index (χ2v) is 6.48. The van der Waals surface area contributed by atoms with Gasteiger partial charge in [0.05, 0.1) is 0 Å². The summed E-state index contributed by atoms with van der Waals surface area (Å²) in [6, 6.07) is 18.6. The Hall–Kier alpha value is -2.29. The van der Waals surface area contributed by atoms with E-state index in [0.29, 0.717) is 0 Å². The maximum Gasteiger partial charge on any atom is 0.321 e. The Morgan fingerprint density at radius 2 is 1.40 bits per heavy atom. The van der Waals surface area contributed by atoms with Crippen LogP contribution < -0.4 is 5.32 Å². The van der Waals surface area contributed by atoms with Crippen LogP contribution in [0.2, 0.25) is 0 Å². The highest BCUT2D eigenvalue weighted by molar-refractivity contribution is 5.89. The first-order chi connectivity index (χ1) is 12.2. The van der Waals surface area contributed by atoms with Crippen LogP contribution in [0.1, 0.15) is 50.7 Å². The van der Waals surface area contributed by atoms with Gasteiger partial charge in [-0.2, -0.15) is 0 Å². The lowest BCUT2D eigenvalue weighted by Crippen LogP contribution is -2.36. The lowest BCUT2D eigenvalue weighted by Gasteiger charge is -2.23. The lowest BCUT2D eigenvalue weighted by molar-refractivity contribution is 0.210. The molecular weight excluding hydrogens is 308 g/mol. The number of carbonyl (C=O) groups is 1. The fourth-order valence-corrected chi connectivity index (χ4v) is 2.75. The quantitative estimate of drug-likeness (QED) is 0.624. The van der Waals surface area contributed by atoms with Gasteiger partial charge in [-0.3, -0.25) is 0 Å². The minimum atomic E-state index is 0.0118. The predicted molar refractivity (Wildman–Crippen MR) is 106 cm³/mol. The van der Waals surface area contributed by atoms with Gasteiger partial charge in [-0.15, -0.1) is 0 Å². The fourth-order valence-electron chi connectivity index (χ4n) is 2.75. The molecule has 3 heteroatoms. The third kappa shape index (κ3) is 6.61. The van der Waals surface area contributed by atoms with Crippen molar-refractivity contribution in [3.8, 4) is 0 Å². The Bertz CT molecular complexity index is 614. The van der Waals surface area contributed by atoms with E-state index in [0.717, 1.165) is 50.9 Å². The van der Waals surface area contributed by atoms with Crippen molar-refractivity contribution in [2.24, 2.45) is 0 Å². The number of nitrogens with one attached hydrogen (secondary N) is 1. The molecule has 0 radical (unpaired) electrons. The number of hydrogen-bond donors (Lipinski definition) is 1. The summed E-state index contributed by atoms with van der Waals surface area (Å²) >= 11 is 0. The van der Waals surface area contributed by atoms with E-state index in [9.17, 15) is 4.79 Å². The van der Waals surface area contributed by atoms with Gasteiger partial charge in [-0.05, 0) is 42.5 Å². The monoisotopic (exact) mass is 338 g/mol. The van der Waals surface area contributed by atoms with Crippen molar-refractivity contribution in [1.29, 1.82) is 0 Å². The van der Waals surface area contributed by atoms with Crippen molar-refractivity contribution in [1.82, 2.24) is 4.90 Å². The molecule has 0 atom stereocenters. The van der Waals surface area contributed by atoms with Gasteiger partial charge in [0, 0.05) is 18.8 Å². The molecule has 0 spiro atoms. The highest BCUT2D eigenvalue weighted by Crippen LogP contribution is 2.14. The van der Waals surface area contributed by atoms with Crippen LogP contribution in [0.15, 0.2) is 54.6 Å². The van der Waals surface area contributed by atoms with Gasteiger partial charge in [-0.1, -0.05) is 69.2 Å². The topological polar surface area (TPSA) is 32.3 Å². The number of urea groups is 1. The summed E-state index contributed by atoms with van der Waals surface area (Å²) in [7, 11) is 0. The van der Waals surface area contributed by atoms with Gasteiger partial charge in [0.25, 0.3) is 0 Å². The zero-order valence-electron chi connectivity index (χ0n) is 15.5. The van der Waals surface area contributed by atoms with Gasteiger partial charge >= 0.3 is 6.03 Å². The molecule has 2 aromatic rings. The second-order valence-electron chi connectivity index (χ2n) is 6.48.